The molecule has 0 saturated carbocycles. The quantitative estimate of drug-likeness (QED) is 0.810. The minimum atomic E-state index is 0.651. The van der Waals surface area contributed by atoms with E-state index >= 15 is 0 Å². The topological polar surface area (TPSA) is 24.9 Å². The van der Waals surface area contributed by atoms with Crippen LogP contribution in [-0.2, 0) is 0 Å². The highest BCUT2D eigenvalue weighted by molar-refractivity contribution is 9.10. The minimum Gasteiger partial charge on any atom is -0.379 e. The van der Waals surface area contributed by atoms with Crippen LogP contribution >= 0.6 is 27.7 Å². The highest BCUT2D eigenvalue weighted by Crippen LogP contribution is 2.21. The van der Waals surface area contributed by atoms with Crippen LogP contribution in [0.2, 0.25) is 0 Å². The minimum absolute atomic E-state index is 0.651. The molecule has 1 fully saturated rings. The molecule has 0 amide bonds. The number of hydrogen-bond acceptors (Lipinski definition) is 3. The van der Waals surface area contributed by atoms with E-state index in [-0.39, 0.29) is 0 Å². The van der Waals surface area contributed by atoms with Crippen molar-refractivity contribution < 1.29 is 0 Å². The fraction of sp³-hybridized carbons (Fsp3) is 0.375. The zero-order valence-corrected chi connectivity index (χ0v) is 8.86. The maximum Gasteiger partial charge on any atom is 0.106 e. The second-order valence-electron chi connectivity index (χ2n) is 2.75. The Morgan fingerprint density at radius 3 is 2.83 bits per heavy atom. The standard InChI is InChI=1S/C8H9BrN2S/c9-8-2-1-6(3-10-8)11-7-4-12-5-7/h1-3,7,11H,4-5H2. The lowest BCUT2D eigenvalue weighted by atomic mass is 10.3. The summed E-state index contributed by atoms with van der Waals surface area (Å²) in [6.07, 6.45) is 1.85. The molecule has 0 aromatic carbocycles. The van der Waals surface area contributed by atoms with Gasteiger partial charge in [0.2, 0.25) is 0 Å². The highest BCUT2D eigenvalue weighted by Gasteiger charge is 2.17. The molecule has 1 aromatic rings. The Hall–Kier alpha value is -0.220. The summed E-state index contributed by atoms with van der Waals surface area (Å²) in [6, 6.07) is 4.65. The van der Waals surface area contributed by atoms with Crippen molar-refractivity contribution >= 4 is 33.4 Å². The summed E-state index contributed by atoms with van der Waals surface area (Å²) in [5.74, 6) is 2.44. The number of rotatable bonds is 2. The molecule has 2 heterocycles. The molecule has 1 aliphatic rings. The summed E-state index contributed by atoms with van der Waals surface area (Å²) in [6.45, 7) is 0. The molecular weight excluding hydrogens is 236 g/mol. The number of nitrogens with zero attached hydrogens (tertiary/aromatic N) is 1. The average molecular weight is 245 g/mol. The SMILES string of the molecule is Brc1ccc(NC2CSC2)cn1. The van der Waals surface area contributed by atoms with E-state index in [0.717, 1.165) is 10.3 Å². The van der Waals surface area contributed by atoms with E-state index in [4.69, 9.17) is 0 Å². The molecular formula is C8H9BrN2S. The van der Waals surface area contributed by atoms with Gasteiger partial charge in [0, 0.05) is 17.5 Å². The fourth-order valence-electron chi connectivity index (χ4n) is 1.02. The first-order chi connectivity index (χ1) is 5.84. The maximum atomic E-state index is 4.14. The third kappa shape index (κ3) is 1.93. The van der Waals surface area contributed by atoms with Crippen LogP contribution in [0.5, 0.6) is 0 Å². The Balaban J connectivity index is 1.98. The Kier molecular flexibility index (Phi) is 2.56. The Labute approximate surface area is 84.3 Å². The second-order valence-corrected chi connectivity index (χ2v) is 4.64. The zero-order chi connectivity index (χ0) is 8.39. The predicted octanol–water partition coefficient (Wildman–Crippen LogP) is 2.37. The Morgan fingerprint density at radius 2 is 2.33 bits per heavy atom. The summed E-state index contributed by atoms with van der Waals surface area (Å²) in [7, 11) is 0. The number of pyridine rings is 1. The van der Waals surface area contributed by atoms with Gasteiger partial charge < -0.3 is 5.32 Å². The highest BCUT2D eigenvalue weighted by atomic mass is 79.9. The Morgan fingerprint density at radius 1 is 1.50 bits per heavy atom. The van der Waals surface area contributed by atoms with Gasteiger partial charge in [-0.05, 0) is 28.1 Å². The summed E-state index contributed by atoms with van der Waals surface area (Å²) in [4.78, 5) is 4.14. The van der Waals surface area contributed by atoms with E-state index in [1.54, 1.807) is 0 Å². The molecule has 1 aromatic heterocycles. The molecule has 4 heteroatoms. The van der Waals surface area contributed by atoms with E-state index in [9.17, 15) is 0 Å². The van der Waals surface area contributed by atoms with Gasteiger partial charge in [-0.2, -0.15) is 11.8 Å². The van der Waals surface area contributed by atoms with Crippen LogP contribution in [-0.4, -0.2) is 22.5 Å². The van der Waals surface area contributed by atoms with E-state index in [0.29, 0.717) is 6.04 Å². The monoisotopic (exact) mass is 244 g/mol. The molecule has 0 spiro atoms. The molecule has 0 bridgehead atoms. The van der Waals surface area contributed by atoms with Gasteiger partial charge in [-0.25, -0.2) is 4.98 Å². The van der Waals surface area contributed by atoms with Crippen molar-refractivity contribution in [2.75, 3.05) is 16.8 Å². The van der Waals surface area contributed by atoms with Crippen LogP contribution in [0, 0.1) is 0 Å². The van der Waals surface area contributed by atoms with E-state index in [1.165, 1.54) is 11.5 Å². The first-order valence-electron chi connectivity index (χ1n) is 3.80. The maximum absolute atomic E-state index is 4.14. The van der Waals surface area contributed by atoms with Gasteiger partial charge in [-0.1, -0.05) is 0 Å². The molecule has 0 aliphatic carbocycles. The fourth-order valence-corrected chi connectivity index (χ4v) is 1.89. The van der Waals surface area contributed by atoms with Crippen molar-refractivity contribution in [2.45, 2.75) is 6.04 Å². The van der Waals surface area contributed by atoms with E-state index < -0.39 is 0 Å². The molecule has 2 rings (SSSR count). The lowest BCUT2D eigenvalue weighted by Gasteiger charge is -2.26. The lowest BCUT2D eigenvalue weighted by molar-refractivity contribution is 0.880. The summed E-state index contributed by atoms with van der Waals surface area (Å²) >= 11 is 5.28. The Bertz CT molecular complexity index is 258. The van der Waals surface area contributed by atoms with Crippen molar-refractivity contribution in [1.82, 2.24) is 4.98 Å². The molecule has 2 nitrogen and oxygen atoms in total. The van der Waals surface area contributed by atoms with Crippen molar-refractivity contribution in [3.63, 3.8) is 0 Å². The number of nitrogens with one attached hydrogen (secondary N) is 1. The molecule has 0 unspecified atom stereocenters. The van der Waals surface area contributed by atoms with Gasteiger partial charge in [0.15, 0.2) is 0 Å². The van der Waals surface area contributed by atoms with Gasteiger partial charge >= 0.3 is 0 Å². The van der Waals surface area contributed by atoms with Gasteiger partial charge in [-0.3, -0.25) is 0 Å². The third-order valence-electron chi connectivity index (χ3n) is 1.74. The molecule has 1 N–H and O–H groups in total. The van der Waals surface area contributed by atoms with Crippen molar-refractivity contribution in [3.8, 4) is 0 Å². The molecule has 0 radical (unpaired) electrons. The van der Waals surface area contributed by atoms with E-state index in [2.05, 4.69) is 26.2 Å². The molecule has 64 valence electrons. The number of halogens is 1. The van der Waals surface area contributed by atoms with Crippen LogP contribution in [0.3, 0.4) is 0 Å². The summed E-state index contributed by atoms with van der Waals surface area (Å²) in [5, 5.41) is 3.40. The molecule has 12 heavy (non-hydrogen) atoms. The van der Waals surface area contributed by atoms with Gasteiger partial charge in [-0.15, -0.1) is 0 Å². The second kappa shape index (κ2) is 3.66. The smallest absolute Gasteiger partial charge is 0.106 e. The van der Waals surface area contributed by atoms with E-state index in [1.807, 2.05) is 30.1 Å². The van der Waals surface area contributed by atoms with Gasteiger partial charge in [0.1, 0.15) is 4.60 Å². The van der Waals surface area contributed by atoms with Crippen LogP contribution < -0.4 is 5.32 Å². The first-order valence-corrected chi connectivity index (χ1v) is 5.75. The van der Waals surface area contributed by atoms with Crippen LogP contribution in [0.15, 0.2) is 22.9 Å². The lowest BCUT2D eigenvalue weighted by Crippen LogP contribution is -2.33. The molecule has 1 saturated heterocycles. The number of thioether (sulfide) groups is 1. The third-order valence-corrected chi connectivity index (χ3v) is 3.48. The van der Waals surface area contributed by atoms with Crippen LogP contribution in [0.25, 0.3) is 0 Å². The van der Waals surface area contributed by atoms with Crippen LogP contribution in [0.4, 0.5) is 5.69 Å². The normalized spacial score (nSPS) is 17.1. The van der Waals surface area contributed by atoms with Gasteiger partial charge in [0.05, 0.1) is 11.9 Å². The molecule has 1 aliphatic heterocycles. The largest absolute Gasteiger partial charge is 0.379 e. The number of aromatic nitrogens is 1. The van der Waals surface area contributed by atoms with Crippen LogP contribution in [0.1, 0.15) is 0 Å². The van der Waals surface area contributed by atoms with Crippen molar-refractivity contribution in [3.05, 3.63) is 22.9 Å². The first kappa shape index (κ1) is 8.38. The average Bonchev–Trinajstić information content (AvgIpc) is 2.00. The molecule has 0 atom stereocenters. The summed E-state index contributed by atoms with van der Waals surface area (Å²) < 4.78 is 0.885. The number of hydrogen-bond donors (Lipinski definition) is 1. The van der Waals surface area contributed by atoms with Crippen molar-refractivity contribution in [1.29, 1.82) is 0 Å². The van der Waals surface area contributed by atoms with Crippen molar-refractivity contribution in [2.24, 2.45) is 0 Å². The number of anilines is 1. The predicted molar refractivity (Wildman–Crippen MR) is 56.7 cm³/mol. The summed E-state index contributed by atoms with van der Waals surface area (Å²) in [5.41, 5.74) is 1.11. The van der Waals surface area contributed by atoms with Gasteiger partial charge in [0.25, 0.3) is 0 Å². The zero-order valence-electron chi connectivity index (χ0n) is 6.46.